The first-order valence-corrected chi connectivity index (χ1v) is 14.1. The number of aryl methyl sites for hydroxylation is 1. The van der Waals surface area contributed by atoms with Gasteiger partial charge in [0, 0.05) is 62.1 Å². The van der Waals surface area contributed by atoms with E-state index in [1.165, 1.54) is 0 Å². The summed E-state index contributed by atoms with van der Waals surface area (Å²) in [5.74, 6) is 3.12. The summed E-state index contributed by atoms with van der Waals surface area (Å²) in [4.78, 5) is 42.6. The summed E-state index contributed by atoms with van der Waals surface area (Å²) < 4.78 is 5.52. The van der Waals surface area contributed by atoms with Gasteiger partial charge in [0.05, 0.1) is 5.04 Å². The van der Waals surface area contributed by atoms with Crippen molar-refractivity contribution in [2.75, 3.05) is 43.8 Å². The maximum atomic E-state index is 12.4. The molecule has 0 bridgehead atoms. The van der Waals surface area contributed by atoms with Crippen LogP contribution >= 0.6 is 11.8 Å². The van der Waals surface area contributed by atoms with Gasteiger partial charge in [0.2, 0.25) is 5.91 Å². The zero-order valence-electron chi connectivity index (χ0n) is 22.3. The number of nitrogens with one attached hydrogen (secondary N) is 1. The summed E-state index contributed by atoms with van der Waals surface area (Å²) in [5, 5.41) is 4.63. The van der Waals surface area contributed by atoms with Crippen molar-refractivity contribution < 1.29 is 14.3 Å². The van der Waals surface area contributed by atoms with Crippen LogP contribution in [0.25, 0.3) is 0 Å². The van der Waals surface area contributed by atoms with E-state index in [4.69, 9.17) is 19.7 Å². The van der Waals surface area contributed by atoms with Gasteiger partial charge >= 0.3 is 6.09 Å². The second-order valence-electron chi connectivity index (χ2n) is 10.9. The van der Waals surface area contributed by atoms with Crippen LogP contribution in [0.5, 0.6) is 0 Å². The Labute approximate surface area is 218 Å². The van der Waals surface area contributed by atoms with Gasteiger partial charge in [-0.15, -0.1) is 11.8 Å². The first-order chi connectivity index (χ1) is 17.1. The lowest BCUT2D eigenvalue weighted by Gasteiger charge is -2.33. The van der Waals surface area contributed by atoms with Gasteiger partial charge in [0.15, 0.2) is 5.82 Å². The fourth-order valence-electron chi connectivity index (χ4n) is 4.77. The second kappa shape index (κ2) is 11.4. The molecule has 0 aliphatic carbocycles. The SMILES string of the molecule is Cc1nc(C2CSC(C3CCN(C(=O)OC(C)(C)C)CC3)=N2)nc(NCCCN2CCCC2=O)c1C. The quantitative estimate of drug-likeness (QED) is 0.538. The number of carbonyl (C=O) groups is 2. The molecule has 36 heavy (non-hydrogen) atoms. The smallest absolute Gasteiger partial charge is 0.410 e. The van der Waals surface area contributed by atoms with Crippen LogP contribution in [0, 0.1) is 19.8 Å². The Balaban J connectivity index is 1.32. The Morgan fingerprint density at radius 3 is 2.58 bits per heavy atom. The van der Waals surface area contributed by atoms with Crippen LogP contribution in [-0.2, 0) is 9.53 Å². The molecule has 0 radical (unpaired) electrons. The molecular formula is C26H40N6O3S. The fourth-order valence-corrected chi connectivity index (χ4v) is 6.00. The number of carbonyl (C=O) groups excluding carboxylic acids is 2. The topological polar surface area (TPSA) is 100 Å². The number of rotatable bonds is 7. The van der Waals surface area contributed by atoms with Crippen LogP contribution in [0.1, 0.15) is 76.0 Å². The Morgan fingerprint density at radius 1 is 1.17 bits per heavy atom. The molecule has 1 atom stereocenters. The van der Waals surface area contributed by atoms with Crippen molar-refractivity contribution in [3.8, 4) is 0 Å². The van der Waals surface area contributed by atoms with Gasteiger partial charge in [-0.1, -0.05) is 0 Å². The molecule has 10 heteroatoms. The minimum absolute atomic E-state index is 0.0454. The first kappa shape index (κ1) is 26.7. The molecule has 2 fully saturated rings. The van der Waals surface area contributed by atoms with Crippen molar-refractivity contribution in [2.24, 2.45) is 10.9 Å². The molecule has 0 aromatic carbocycles. The highest BCUT2D eigenvalue weighted by atomic mass is 32.2. The van der Waals surface area contributed by atoms with E-state index < -0.39 is 5.60 Å². The zero-order chi connectivity index (χ0) is 25.9. The average molecular weight is 517 g/mol. The fraction of sp³-hybridized carbons (Fsp3) is 0.731. The summed E-state index contributed by atoms with van der Waals surface area (Å²) in [7, 11) is 0. The van der Waals surface area contributed by atoms with Crippen LogP contribution in [0.15, 0.2) is 4.99 Å². The number of hydrogen-bond acceptors (Lipinski definition) is 8. The van der Waals surface area contributed by atoms with Gasteiger partial charge < -0.3 is 19.9 Å². The number of ether oxygens (including phenoxy) is 1. The summed E-state index contributed by atoms with van der Waals surface area (Å²) in [6.07, 6.45) is 4.13. The molecule has 198 valence electrons. The van der Waals surface area contributed by atoms with Crippen LogP contribution in [-0.4, -0.2) is 80.9 Å². The van der Waals surface area contributed by atoms with E-state index in [-0.39, 0.29) is 18.0 Å². The molecule has 2 saturated heterocycles. The first-order valence-electron chi connectivity index (χ1n) is 13.2. The van der Waals surface area contributed by atoms with E-state index in [2.05, 4.69) is 5.32 Å². The lowest BCUT2D eigenvalue weighted by molar-refractivity contribution is -0.127. The summed E-state index contributed by atoms with van der Waals surface area (Å²) >= 11 is 1.80. The summed E-state index contributed by atoms with van der Waals surface area (Å²) in [6.45, 7) is 13.6. The van der Waals surface area contributed by atoms with Crippen molar-refractivity contribution in [3.63, 3.8) is 0 Å². The number of amides is 2. The molecule has 1 aromatic heterocycles. The van der Waals surface area contributed by atoms with Gasteiger partial charge in [0.1, 0.15) is 17.5 Å². The van der Waals surface area contributed by atoms with Crippen LogP contribution < -0.4 is 5.32 Å². The maximum Gasteiger partial charge on any atom is 0.410 e. The standard InChI is InChI=1S/C26H40N6O3S/c1-17-18(2)28-23(30-22(17)27-11-7-13-31-12-6-8-21(31)33)20-16-36-24(29-20)19-9-14-32(15-10-19)25(34)35-26(3,4)5/h19-20H,6-16H2,1-5H3,(H,27,28,30). The lowest BCUT2D eigenvalue weighted by atomic mass is 9.98. The molecule has 0 spiro atoms. The minimum Gasteiger partial charge on any atom is -0.444 e. The number of aliphatic imine (C=N–C) groups is 1. The van der Waals surface area contributed by atoms with E-state index in [0.717, 1.165) is 79.0 Å². The third kappa shape index (κ3) is 6.69. The molecule has 4 rings (SSSR count). The van der Waals surface area contributed by atoms with Gasteiger partial charge in [-0.25, -0.2) is 14.8 Å². The number of likely N-dealkylation sites (tertiary alicyclic amines) is 2. The van der Waals surface area contributed by atoms with Crippen molar-refractivity contribution in [1.29, 1.82) is 0 Å². The van der Waals surface area contributed by atoms with Crippen molar-refractivity contribution in [3.05, 3.63) is 17.1 Å². The minimum atomic E-state index is -0.473. The lowest BCUT2D eigenvalue weighted by Crippen LogP contribution is -2.42. The van der Waals surface area contributed by atoms with Crippen molar-refractivity contribution in [2.45, 2.75) is 78.4 Å². The van der Waals surface area contributed by atoms with Gasteiger partial charge in [0.25, 0.3) is 0 Å². The van der Waals surface area contributed by atoms with Crippen molar-refractivity contribution in [1.82, 2.24) is 19.8 Å². The summed E-state index contributed by atoms with van der Waals surface area (Å²) in [5.41, 5.74) is 1.55. The number of nitrogens with zero attached hydrogens (tertiary/aromatic N) is 5. The Morgan fingerprint density at radius 2 is 1.92 bits per heavy atom. The van der Waals surface area contributed by atoms with Gasteiger partial charge in [-0.2, -0.15) is 0 Å². The molecule has 3 aliphatic heterocycles. The van der Waals surface area contributed by atoms with E-state index in [1.54, 1.807) is 11.8 Å². The van der Waals surface area contributed by atoms with Crippen LogP contribution in [0.4, 0.5) is 10.6 Å². The Bertz CT molecular complexity index is 1000. The van der Waals surface area contributed by atoms with E-state index >= 15 is 0 Å². The van der Waals surface area contributed by atoms with E-state index in [0.29, 0.717) is 25.4 Å². The molecule has 2 amide bonds. The van der Waals surface area contributed by atoms with Crippen LogP contribution in [0.3, 0.4) is 0 Å². The highest BCUT2D eigenvalue weighted by molar-refractivity contribution is 8.14. The van der Waals surface area contributed by atoms with Gasteiger partial charge in [-0.05, 0) is 60.3 Å². The Kier molecular flexibility index (Phi) is 8.42. The molecule has 9 nitrogen and oxygen atoms in total. The normalized spacial score (nSPS) is 21.2. The molecule has 0 saturated carbocycles. The number of anilines is 1. The predicted octanol–water partition coefficient (Wildman–Crippen LogP) is 4.35. The van der Waals surface area contributed by atoms with E-state index in [9.17, 15) is 9.59 Å². The third-order valence-electron chi connectivity index (χ3n) is 6.94. The predicted molar refractivity (Wildman–Crippen MR) is 144 cm³/mol. The molecule has 1 N–H and O–H groups in total. The molecular weight excluding hydrogens is 476 g/mol. The zero-order valence-corrected chi connectivity index (χ0v) is 23.1. The largest absolute Gasteiger partial charge is 0.444 e. The average Bonchev–Trinajstić information content (AvgIpc) is 3.47. The second-order valence-corrected chi connectivity index (χ2v) is 12.0. The maximum absolute atomic E-state index is 12.4. The Hall–Kier alpha value is -2.36. The molecule has 1 unspecified atom stereocenters. The van der Waals surface area contributed by atoms with Gasteiger partial charge in [-0.3, -0.25) is 9.79 Å². The number of hydrogen-bond donors (Lipinski definition) is 1. The highest BCUT2D eigenvalue weighted by Crippen LogP contribution is 2.36. The molecule has 4 heterocycles. The highest BCUT2D eigenvalue weighted by Gasteiger charge is 2.33. The third-order valence-corrected chi connectivity index (χ3v) is 8.16. The van der Waals surface area contributed by atoms with Crippen LogP contribution in [0.2, 0.25) is 0 Å². The molecule has 1 aromatic rings. The number of piperidine rings is 1. The number of thioether (sulfide) groups is 1. The van der Waals surface area contributed by atoms with E-state index in [1.807, 2.05) is 44.4 Å². The summed E-state index contributed by atoms with van der Waals surface area (Å²) in [6, 6.07) is -0.0454. The number of aromatic nitrogens is 2. The monoisotopic (exact) mass is 516 g/mol. The molecule has 3 aliphatic rings. The van der Waals surface area contributed by atoms with Crippen molar-refractivity contribution >= 4 is 34.6 Å².